The molecule has 0 aliphatic heterocycles. The molecule has 0 heterocycles. The maximum Gasteiger partial charge on any atom is 0.255 e. The fourth-order valence-corrected chi connectivity index (χ4v) is 0.775. The highest BCUT2D eigenvalue weighted by Gasteiger charge is 2.04. The zero-order chi connectivity index (χ0) is 6.57. The van der Waals surface area contributed by atoms with E-state index in [1.807, 2.05) is 0 Å². The molecule has 0 rings (SSSR count). The first-order chi connectivity index (χ1) is 3.72. The van der Waals surface area contributed by atoms with Gasteiger partial charge in [-0.05, 0) is 0 Å². The number of hydrogen-bond donors (Lipinski definition) is 0. The molecule has 0 radical (unpaired) electrons. The van der Waals surface area contributed by atoms with Crippen LogP contribution in [0.1, 0.15) is 13.3 Å². The van der Waals surface area contributed by atoms with Gasteiger partial charge in [-0.15, -0.1) is 0 Å². The lowest BCUT2D eigenvalue weighted by Gasteiger charge is -1.91. The lowest BCUT2D eigenvalue weighted by Crippen LogP contribution is -1.86. The van der Waals surface area contributed by atoms with Crippen LogP contribution < -0.4 is 0 Å². The fraction of sp³-hybridized carbons (Fsp3) is 0.750. The molecule has 1 atom stereocenters. The lowest BCUT2D eigenvalue weighted by atomic mass is 10.6. The smallest absolute Gasteiger partial charge is 0.255 e. The average Bonchev–Trinajstić information content (AvgIpc) is 1.84. The van der Waals surface area contributed by atoms with E-state index in [1.165, 1.54) is 7.11 Å². The van der Waals surface area contributed by atoms with Gasteiger partial charge in [0.2, 0.25) is 5.52 Å². The van der Waals surface area contributed by atoms with Crippen molar-refractivity contribution in [1.82, 2.24) is 0 Å². The lowest BCUT2D eigenvalue weighted by molar-refractivity contribution is -0.112. The molecule has 0 N–H and O–H groups in total. The van der Waals surface area contributed by atoms with E-state index in [2.05, 4.69) is 4.52 Å². The Balaban J connectivity index is 3.64. The van der Waals surface area contributed by atoms with Crippen molar-refractivity contribution in [2.75, 3.05) is 7.11 Å². The first kappa shape index (κ1) is 7.86. The number of hydrogen-bond acceptors (Lipinski definition) is 3. The highest BCUT2D eigenvalue weighted by atomic mass is 31.1. The van der Waals surface area contributed by atoms with Crippen LogP contribution in [-0.4, -0.2) is 12.6 Å². The standard InChI is InChI=1S/C4H9O3P/c1-3-4(5)8(6)7-2/h8H,3H2,1-2H3. The highest BCUT2D eigenvalue weighted by Crippen LogP contribution is 2.22. The molecule has 0 bridgehead atoms. The molecule has 0 spiro atoms. The zero-order valence-corrected chi connectivity index (χ0v) is 5.93. The zero-order valence-electron chi connectivity index (χ0n) is 4.93. The Labute approximate surface area is 48.9 Å². The summed E-state index contributed by atoms with van der Waals surface area (Å²) in [6, 6.07) is 0. The van der Waals surface area contributed by atoms with Crippen molar-refractivity contribution in [2.45, 2.75) is 13.3 Å². The van der Waals surface area contributed by atoms with Crippen LogP contribution in [0.2, 0.25) is 0 Å². The van der Waals surface area contributed by atoms with Gasteiger partial charge < -0.3 is 4.52 Å². The van der Waals surface area contributed by atoms with E-state index in [9.17, 15) is 9.36 Å². The van der Waals surface area contributed by atoms with Gasteiger partial charge in [0, 0.05) is 13.5 Å². The summed E-state index contributed by atoms with van der Waals surface area (Å²) in [5.74, 6) is 0. The van der Waals surface area contributed by atoms with Gasteiger partial charge in [0.05, 0.1) is 0 Å². The van der Waals surface area contributed by atoms with Crippen LogP contribution in [0, 0.1) is 0 Å². The summed E-state index contributed by atoms with van der Waals surface area (Å²) in [6.07, 6.45) is 0.297. The molecule has 3 nitrogen and oxygen atoms in total. The molecule has 0 aliphatic carbocycles. The van der Waals surface area contributed by atoms with Crippen molar-refractivity contribution in [2.24, 2.45) is 0 Å². The van der Waals surface area contributed by atoms with E-state index in [-0.39, 0.29) is 5.52 Å². The molecule has 0 aromatic heterocycles. The quantitative estimate of drug-likeness (QED) is 0.544. The third-order valence-electron chi connectivity index (χ3n) is 0.734. The molecule has 8 heavy (non-hydrogen) atoms. The molecular weight excluding hydrogens is 127 g/mol. The van der Waals surface area contributed by atoms with E-state index >= 15 is 0 Å². The van der Waals surface area contributed by atoms with Gasteiger partial charge in [-0.25, -0.2) is 0 Å². The van der Waals surface area contributed by atoms with E-state index in [0.29, 0.717) is 6.42 Å². The van der Waals surface area contributed by atoms with Crippen LogP contribution in [0.5, 0.6) is 0 Å². The minimum atomic E-state index is -2.35. The Morgan fingerprint density at radius 3 is 2.38 bits per heavy atom. The van der Waals surface area contributed by atoms with Crippen molar-refractivity contribution in [1.29, 1.82) is 0 Å². The third kappa shape index (κ3) is 2.24. The summed E-state index contributed by atoms with van der Waals surface area (Å²) in [7, 11) is -1.07. The van der Waals surface area contributed by atoms with Crippen LogP contribution in [0.3, 0.4) is 0 Å². The van der Waals surface area contributed by atoms with Crippen molar-refractivity contribution < 1.29 is 13.9 Å². The molecule has 0 saturated heterocycles. The Morgan fingerprint density at radius 1 is 1.75 bits per heavy atom. The van der Waals surface area contributed by atoms with Crippen molar-refractivity contribution in [3.63, 3.8) is 0 Å². The van der Waals surface area contributed by atoms with Crippen LogP contribution in [0.15, 0.2) is 0 Å². The predicted molar refractivity (Wildman–Crippen MR) is 31.3 cm³/mol. The van der Waals surface area contributed by atoms with Gasteiger partial charge >= 0.3 is 0 Å². The molecule has 4 heteroatoms. The topological polar surface area (TPSA) is 43.4 Å². The van der Waals surface area contributed by atoms with E-state index < -0.39 is 8.03 Å². The third-order valence-corrected chi connectivity index (χ3v) is 1.91. The number of carbonyl (C=O) groups excluding carboxylic acids is 1. The van der Waals surface area contributed by atoms with Gasteiger partial charge in [0.25, 0.3) is 8.03 Å². The Hall–Kier alpha value is -0.140. The molecule has 0 saturated carbocycles. The van der Waals surface area contributed by atoms with Gasteiger partial charge in [0.1, 0.15) is 0 Å². The molecule has 0 amide bonds. The van der Waals surface area contributed by atoms with Crippen LogP contribution in [0.4, 0.5) is 0 Å². The average molecular weight is 136 g/mol. The van der Waals surface area contributed by atoms with E-state index in [4.69, 9.17) is 0 Å². The maximum absolute atomic E-state index is 10.4. The summed E-state index contributed by atoms with van der Waals surface area (Å²) < 4.78 is 14.7. The fourth-order valence-electron chi connectivity index (χ4n) is 0.258. The SMILES string of the molecule is CCC(=O)[PH](=O)OC. The van der Waals surface area contributed by atoms with Crippen LogP contribution in [-0.2, 0) is 13.9 Å². The summed E-state index contributed by atoms with van der Waals surface area (Å²) in [5.41, 5.74) is -0.294. The minimum absolute atomic E-state index is 0.294. The molecule has 0 fully saturated rings. The second kappa shape index (κ2) is 3.81. The summed E-state index contributed by atoms with van der Waals surface area (Å²) in [5, 5.41) is 0. The Morgan fingerprint density at radius 2 is 2.25 bits per heavy atom. The second-order valence-corrected chi connectivity index (χ2v) is 2.81. The van der Waals surface area contributed by atoms with Crippen molar-refractivity contribution >= 4 is 13.6 Å². The molecule has 48 valence electrons. The number of rotatable bonds is 3. The first-order valence-electron chi connectivity index (χ1n) is 2.33. The molecule has 0 aromatic carbocycles. The van der Waals surface area contributed by atoms with E-state index in [1.54, 1.807) is 6.92 Å². The second-order valence-electron chi connectivity index (χ2n) is 1.27. The van der Waals surface area contributed by atoms with Gasteiger partial charge in [-0.3, -0.25) is 9.36 Å². The van der Waals surface area contributed by atoms with Gasteiger partial charge in [-0.2, -0.15) is 0 Å². The maximum atomic E-state index is 10.4. The molecule has 1 unspecified atom stereocenters. The molecule has 0 aliphatic rings. The van der Waals surface area contributed by atoms with Crippen molar-refractivity contribution in [3.05, 3.63) is 0 Å². The van der Waals surface area contributed by atoms with Gasteiger partial charge in [0.15, 0.2) is 0 Å². The molecular formula is C4H9O3P. The van der Waals surface area contributed by atoms with Crippen LogP contribution in [0.25, 0.3) is 0 Å². The summed E-state index contributed by atoms with van der Waals surface area (Å²) >= 11 is 0. The van der Waals surface area contributed by atoms with Crippen LogP contribution >= 0.6 is 8.03 Å². The Bertz CT molecular complexity index is 95.9. The van der Waals surface area contributed by atoms with Gasteiger partial charge in [-0.1, -0.05) is 6.92 Å². The summed E-state index contributed by atoms with van der Waals surface area (Å²) in [4.78, 5) is 10.4. The number of carbonyl (C=O) groups is 1. The highest BCUT2D eigenvalue weighted by molar-refractivity contribution is 7.59. The first-order valence-corrected chi connectivity index (χ1v) is 3.65. The predicted octanol–water partition coefficient (Wildman–Crippen LogP) is 1.04. The van der Waals surface area contributed by atoms with Crippen molar-refractivity contribution in [3.8, 4) is 0 Å². The normalized spacial score (nSPS) is 13.2. The monoisotopic (exact) mass is 136 g/mol. The molecule has 0 aromatic rings. The summed E-state index contributed by atoms with van der Waals surface area (Å²) in [6.45, 7) is 1.66. The minimum Gasteiger partial charge on any atom is -0.329 e. The van der Waals surface area contributed by atoms with E-state index in [0.717, 1.165) is 0 Å². The largest absolute Gasteiger partial charge is 0.329 e. The Kier molecular flexibility index (Phi) is 3.75.